The molecule has 2 unspecified atom stereocenters. The molecule has 5 heteroatoms. The highest BCUT2D eigenvalue weighted by Crippen LogP contribution is 2.49. The van der Waals surface area contributed by atoms with Crippen LogP contribution in [0.15, 0.2) is 16.5 Å². The maximum atomic E-state index is 12.2. The SMILES string of the molecule is COC(=O)C12CCCC1CN(Cc1ccc(C#N)o1)C2. The van der Waals surface area contributed by atoms with E-state index >= 15 is 0 Å². The molecule has 2 heterocycles. The van der Waals surface area contributed by atoms with Gasteiger partial charge in [-0.15, -0.1) is 0 Å². The van der Waals surface area contributed by atoms with Gasteiger partial charge in [-0.2, -0.15) is 5.26 Å². The molecule has 106 valence electrons. The van der Waals surface area contributed by atoms with Gasteiger partial charge in [0.25, 0.3) is 0 Å². The van der Waals surface area contributed by atoms with Crippen LogP contribution < -0.4 is 0 Å². The predicted octanol–water partition coefficient (Wildman–Crippen LogP) is 1.93. The molecule has 0 bridgehead atoms. The lowest BCUT2D eigenvalue weighted by molar-refractivity contribution is -0.153. The van der Waals surface area contributed by atoms with Crippen molar-refractivity contribution in [2.24, 2.45) is 11.3 Å². The van der Waals surface area contributed by atoms with Gasteiger partial charge in [-0.1, -0.05) is 6.42 Å². The first-order chi connectivity index (χ1) is 9.68. The standard InChI is InChI=1S/C15H18N2O3/c1-19-14(18)15-6-2-3-11(15)8-17(10-15)9-13-5-4-12(7-16)20-13/h4-5,11H,2-3,6,8-10H2,1H3. The molecule has 20 heavy (non-hydrogen) atoms. The Bertz CT molecular complexity index is 560. The minimum absolute atomic E-state index is 0.0698. The van der Waals surface area contributed by atoms with Crippen molar-refractivity contribution in [1.82, 2.24) is 4.90 Å². The quantitative estimate of drug-likeness (QED) is 0.788. The Hall–Kier alpha value is -1.80. The zero-order valence-corrected chi connectivity index (χ0v) is 11.6. The highest BCUT2D eigenvalue weighted by Gasteiger charge is 2.55. The third kappa shape index (κ3) is 2.01. The average Bonchev–Trinajstić information content (AvgIpc) is 3.11. The summed E-state index contributed by atoms with van der Waals surface area (Å²) in [5, 5.41) is 8.77. The van der Waals surface area contributed by atoms with Crippen LogP contribution in [0.3, 0.4) is 0 Å². The Balaban J connectivity index is 1.72. The number of fused-ring (bicyclic) bond motifs is 1. The summed E-state index contributed by atoms with van der Waals surface area (Å²) in [7, 11) is 1.47. The summed E-state index contributed by atoms with van der Waals surface area (Å²) in [5.74, 6) is 1.43. The number of carbonyl (C=O) groups is 1. The molecule has 3 rings (SSSR count). The van der Waals surface area contributed by atoms with Crippen LogP contribution in [0.1, 0.15) is 30.8 Å². The summed E-state index contributed by atoms with van der Waals surface area (Å²) in [4.78, 5) is 14.4. The third-order valence-corrected chi connectivity index (χ3v) is 4.68. The van der Waals surface area contributed by atoms with E-state index in [-0.39, 0.29) is 11.4 Å². The Labute approximate surface area is 118 Å². The number of hydrogen-bond donors (Lipinski definition) is 0. The lowest BCUT2D eigenvalue weighted by Gasteiger charge is -2.25. The largest absolute Gasteiger partial charge is 0.469 e. The molecule has 1 aromatic rings. The van der Waals surface area contributed by atoms with Crippen LogP contribution in [-0.2, 0) is 16.1 Å². The van der Waals surface area contributed by atoms with Crippen molar-refractivity contribution in [3.05, 3.63) is 23.7 Å². The topological polar surface area (TPSA) is 66.5 Å². The van der Waals surface area contributed by atoms with Gasteiger partial charge in [-0.05, 0) is 30.9 Å². The molecule has 1 aliphatic carbocycles. The van der Waals surface area contributed by atoms with Gasteiger partial charge in [0.2, 0.25) is 5.76 Å². The molecule has 2 aliphatic rings. The molecule has 0 amide bonds. The van der Waals surface area contributed by atoms with Gasteiger partial charge in [-0.25, -0.2) is 0 Å². The normalized spacial score (nSPS) is 29.1. The lowest BCUT2D eigenvalue weighted by Crippen LogP contribution is -2.36. The summed E-state index contributed by atoms with van der Waals surface area (Å²) in [5.41, 5.74) is -0.320. The van der Waals surface area contributed by atoms with Crippen molar-refractivity contribution < 1.29 is 13.9 Å². The molecule has 1 aliphatic heterocycles. The number of hydrogen-bond acceptors (Lipinski definition) is 5. The Kier molecular flexibility index (Phi) is 3.27. The number of likely N-dealkylation sites (tertiary alicyclic amines) is 1. The molecular formula is C15H18N2O3. The summed E-state index contributed by atoms with van der Waals surface area (Å²) in [6, 6.07) is 5.50. The van der Waals surface area contributed by atoms with Crippen LogP contribution in [0.2, 0.25) is 0 Å². The van der Waals surface area contributed by atoms with Gasteiger partial charge in [0.15, 0.2) is 0 Å². The molecule has 0 radical (unpaired) electrons. The molecule has 0 N–H and O–H groups in total. The molecule has 0 aromatic carbocycles. The molecular weight excluding hydrogens is 256 g/mol. The number of nitriles is 1. The van der Waals surface area contributed by atoms with E-state index in [2.05, 4.69) is 4.90 Å². The van der Waals surface area contributed by atoms with E-state index in [0.29, 0.717) is 18.2 Å². The average molecular weight is 274 g/mol. The second-order valence-electron chi connectivity index (χ2n) is 5.78. The van der Waals surface area contributed by atoms with E-state index in [1.165, 1.54) is 7.11 Å². The van der Waals surface area contributed by atoms with E-state index in [0.717, 1.165) is 38.1 Å². The highest BCUT2D eigenvalue weighted by molar-refractivity contribution is 5.78. The molecule has 5 nitrogen and oxygen atoms in total. The number of esters is 1. The smallest absolute Gasteiger partial charge is 0.313 e. The van der Waals surface area contributed by atoms with Crippen molar-refractivity contribution >= 4 is 5.97 Å². The second-order valence-corrected chi connectivity index (χ2v) is 5.78. The zero-order chi connectivity index (χ0) is 14.2. The number of nitrogens with zero attached hydrogens (tertiary/aromatic N) is 2. The molecule has 2 atom stereocenters. The van der Waals surface area contributed by atoms with Gasteiger partial charge in [-0.3, -0.25) is 9.69 Å². The van der Waals surface area contributed by atoms with E-state index in [1.807, 2.05) is 12.1 Å². The fraction of sp³-hybridized carbons (Fsp3) is 0.600. The van der Waals surface area contributed by atoms with Crippen LogP contribution in [0, 0.1) is 22.7 Å². The van der Waals surface area contributed by atoms with E-state index < -0.39 is 0 Å². The Morgan fingerprint density at radius 2 is 2.50 bits per heavy atom. The molecule has 0 spiro atoms. The third-order valence-electron chi connectivity index (χ3n) is 4.68. The van der Waals surface area contributed by atoms with E-state index in [4.69, 9.17) is 14.4 Å². The minimum Gasteiger partial charge on any atom is -0.469 e. The first-order valence-electron chi connectivity index (χ1n) is 6.97. The van der Waals surface area contributed by atoms with Crippen LogP contribution in [0.4, 0.5) is 0 Å². The number of methoxy groups -OCH3 is 1. The first-order valence-corrected chi connectivity index (χ1v) is 6.97. The number of rotatable bonds is 3. The van der Waals surface area contributed by atoms with E-state index in [1.54, 1.807) is 6.07 Å². The molecule has 1 saturated carbocycles. The molecule has 1 aromatic heterocycles. The van der Waals surface area contributed by atoms with Gasteiger partial charge in [0, 0.05) is 13.1 Å². The van der Waals surface area contributed by atoms with Gasteiger partial charge >= 0.3 is 5.97 Å². The zero-order valence-electron chi connectivity index (χ0n) is 11.6. The predicted molar refractivity (Wildman–Crippen MR) is 70.5 cm³/mol. The van der Waals surface area contributed by atoms with Crippen LogP contribution >= 0.6 is 0 Å². The van der Waals surface area contributed by atoms with Gasteiger partial charge in [0.1, 0.15) is 11.8 Å². The van der Waals surface area contributed by atoms with Crippen molar-refractivity contribution in [1.29, 1.82) is 5.26 Å². The summed E-state index contributed by atoms with van der Waals surface area (Å²) in [6.07, 6.45) is 3.11. The van der Waals surface area contributed by atoms with Crippen LogP contribution in [0.25, 0.3) is 0 Å². The van der Waals surface area contributed by atoms with Crippen molar-refractivity contribution in [3.8, 4) is 6.07 Å². The maximum absolute atomic E-state index is 12.2. The minimum atomic E-state index is -0.320. The fourth-order valence-corrected chi connectivity index (χ4v) is 3.79. The van der Waals surface area contributed by atoms with Gasteiger partial charge in [0.05, 0.1) is 19.1 Å². The highest BCUT2D eigenvalue weighted by atomic mass is 16.5. The monoisotopic (exact) mass is 274 g/mol. The number of ether oxygens (including phenoxy) is 1. The van der Waals surface area contributed by atoms with Crippen LogP contribution in [-0.4, -0.2) is 31.1 Å². The Morgan fingerprint density at radius 1 is 1.65 bits per heavy atom. The second kappa shape index (κ2) is 4.95. The number of furan rings is 1. The van der Waals surface area contributed by atoms with Crippen molar-refractivity contribution in [3.63, 3.8) is 0 Å². The summed E-state index contributed by atoms with van der Waals surface area (Å²) >= 11 is 0. The lowest BCUT2D eigenvalue weighted by atomic mass is 9.81. The molecule has 2 fully saturated rings. The maximum Gasteiger partial charge on any atom is 0.313 e. The van der Waals surface area contributed by atoms with Gasteiger partial charge < -0.3 is 9.15 Å². The number of carbonyl (C=O) groups excluding carboxylic acids is 1. The summed E-state index contributed by atoms with van der Waals surface area (Å²) in [6.45, 7) is 2.28. The van der Waals surface area contributed by atoms with E-state index in [9.17, 15) is 4.79 Å². The van der Waals surface area contributed by atoms with Crippen LogP contribution in [0.5, 0.6) is 0 Å². The fourth-order valence-electron chi connectivity index (χ4n) is 3.79. The first kappa shape index (κ1) is 13.2. The summed E-state index contributed by atoms with van der Waals surface area (Å²) < 4.78 is 10.4. The Morgan fingerprint density at radius 3 is 3.20 bits per heavy atom. The van der Waals surface area contributed by atoms with Crippen molar-refractivity contribution in [2.75, 3.05) is 20.2 Å². The molecule has 1 saturated heterocycles. The van der Waals surface area contributed by atoms with Crippen molar-refractivity contribution in [2.45, 2.75) is 25.8 Å².